The maximum absolute atomic E-state index is 3.42. The molecule has 1 aromatic carbocycles. The van der Waals surface area contributed by atoms with Crippen molar-refractivity contribution in [2.45, 2.75) is 45.4 Å². The lowest BCUT2D eigenvalue weighted by Crippen LogP contribution is -2.00. The predicted molar refractivity (Wildman–Crippen MR) is 67.1 cm³/mol. The van der Waals surface area contributed by atoms with E-state index in [0.717, 1.165) is 6.54 Å². The second-order valence-corrected chi connectivity index (χ2v) is 3.98. The van der Waals surface area contributed by atoms with Crippen molar-refractivity contribution in [2.75, 3.05) is 11.9 Å². The zero-order valence-corrected chi connectivity index (χ0v) is 9.76. The quantitative estimate of drug-likeness (QED) is 0.624. The molecule has 0 saturated carbocycles. The monoisotopic (exact) mass is 204 g/mol. The molecule has 15 heavy (non-hydrogen) atoms. The second-order valence-electron chi connectivity index (χ2n) is 3.98. The highest BCUT2D eigenvalue weighted by Crippen LogP contribution is 2.07. The van der Waals surface area contributed by atoms with Crippen molar-refractivity contribution in [1.82, 2.24) is 0 Å². The van der Waals surface area contributed by atoms with Crippen LogP contribution in [-0.4, -0.2) is 6.54 Å². The number of rotatable bonds is 8. The molecule has 1 rings (SSSR count). The van der Waals surface area contributed by atoms with E-state index in [1.54, 1.807) is 0 Å². The molecule has 83 valence electrons. The second kappa shape index (κ2) is 8.34. The Morgan fingerprint density at radius 3 is 2.40 bits per heavy atom. The van der Waals surface area contributed by atoms with E-state index in [2.05, 4.69) is 30.4 Å². The number of hydrogen-bond acceptors (Lipinski definition) is 1. The number of hydrogen-bond donors (Lipinski definition) is 1. The first-order chi connectivity index (χ1) is 7.43. The van der Waals surface area contributed by atoms with E-state index in [-0.39, 0.29) is 0 Å². The van der Waals surface area contributed by atoms with Gasteiger partial charge < -0.3 is 5.32 Å². The highest BCUT2D eigenvalue weighted by molar-refractivity contribution is 5.41. The van der Waals surface area contributed by atoms with Gasteiger partial charge in [-0.25, -0.2) is 0 Å². The third-order valence-electron chi connectivity index (χ3n) is 2.58. The fourth-order valence-electron chi connectivity index (χ4n) is 1.64. The van der Waals surface area contributed by atoms with E-state index in [4.69, 9.17) is 0 Å². The van der Waals surface area contributed by atoms with Crippen LogP contribution < -0.4 is 5.32 Å². The van der Waals surface area contributed by atoms with Crippen LogP contribution in [0.3, 0.4) is 0 Å². The molecule has 0 spiro atoms. The first-order valence-corrected chi connectivity index (χ1v) is 6.13. The Kier molecular flexibility index (Phi) is 6.72. The lowest BCUT2D eigenvalue weighted by Gasteiger charge is -2.05. The molecule has 1 nitrogen and oxygen atoms in total. The fraction of sp³-hybridized carbons (Fsp3) is 0.571. The Morgan fingerprint density at radius 2 is 1.67 bits per heavy atom. The van der Waals surface area contributed by atoms with Gasteiger partial charge in [-0.2, -0.15) is 0 Å². The molecule has 0 saturated heterocycles. The summed E-state index contributed by atoms with van der Waals surface area (Å²) >= 11 is 0. The standard InChI is InChI=1S/C14H22N/c1-2-3-4-5-6-10-13-15-14-11-8-7-9-12-14/h8-9,11-12,15H,2-6,10,13H2,1H3. The van der Waals surface area contributed by atoms with Crippen molar-refractivity contribution in [3.63, 3.8) is 0 Å². The molecule has 0 aliphatic carbocycles. The van der Waals surface area contributed by atoms with Gasteiger partial charge in [0, 0.05) is 12.2 Å². The van der Waals surface area contributed by atoms with Gasteiger partial charge >= 0.3 is 0 Å². The molecular weight excluding hydrogens is 182 g/mol. The van der Waals surface area contributed by atoms with Gasteiger partial charge in [0.05, 0.1) is 0 Å². The largest absolute Gasteiger partial charge is 0.385 e. The van der Waals surface area contributed by atoms with Crippen molar-refractivity contribution in [3.05, 3.63) is 30.3 Å². The van der Waals surface area contributed by atoms with Gasteiger partial charge in [0.1, 0.15) is 0 Å². The normalized spacial score (nSPS) is 10.2. The molecule has 0 fully saturated rings. The van der Waals surface area contributed by atoms with Crippen molar-refractivity contribution in [1.29, 1.82) is 0 Å². The first-order valence-electron chi connectivity index (χ1n) is 6.13. The van der Waals surface area contributed by atoms with Crippen molar-refractivity contribution >= 4 is 5.69 Å². The van der Waals surface area contributed by atoms with Gasteiger partial charge in [-0.05, 0) is 24.6 Å². The summed E-state index contributed by atoms with van der Waals surface area (Å²) in [5.41, 5.74) is 1.21. The van der Waals surface area contributed by atoms with E-state index < -0.39 is 0 Å². The minimum absolute atomic E-state index is 1.09. The molecule has 1 aromatic rings. The SMILES string of the molecule is CCCCCCCCNc1cc[c]cc1. The van der Waals surface area contributed by atoms with Crippen molar-refractivity contribution in [2.24, 2.45) is 0 Å². The van der Waals surface area contributed by atoms with E-state index in [9.17, 15) is 0 Å². The first kappa shape index (κ1) is 12.1. The summed E-state index contributed by atoms with van der Waals surface area (Å²) in [6.07, 6.45) is 8.14. The minimum Gasteiger partial charge on any atom is -0.385 e. The Morgan fingerprint density at radius 1 is 1.00 bits per heavy atom. The van der Waals surface area contributed by atoms with Crippen LogP contribution in [0, 0.1) is 6.07 Å². The van der Waals surface area contributed by atoms with Crippen LogP contribution in [0.4, 0.5) is 5.69 Å². The van der Waals surface area contributed by atoms with Gasteiger partial charge in [0.25, 0.3) is 0 Å². The van der Waals surface area contributed by atoms with Crippen LogP contribution in [-0.2, 0) is 0 Å². The van der Waals surface area contributed by atoms with Gasteiger partial charge in [0.2, 0.25) is 0 Å². The van der Waals surface area contributed by atoms with Crippen LogP contribution in [0.25, 0.3) is 0 Å². The van der Waals surface area contributed by atoms with Crippen LogP contribution in [0.5, 0.6) is 0 Å². The summed E-state index contributed by atoms with van der Waals surface area (Å²) in [5.74, 6) is 0. The number of nitrogens with one attached hydrogen (secondary N) is 1. The summed E-state index contributed by atoms with van der Waals surface area (Å²) in [5, 5.41) is 3.42. The van der Waals surface area contributed by atoms with Gasteiger partial charge in [0.15, 0.2) is 0 Å². The lowest BCUT2D eigenvalue weighted by molar-refractivity contribution is 0.617. The molecule has 1 N–H and O–H groups in total. The maximum atomic E-state index is 3.42. The molecule has 0 aliphatic rings. The van der Waals surface area contributed by atoms with E-state index in [0.29, 0.717) is 0 Å². The lowest BCUT2D eigenvalue weighted by atomic mass is 10.1. The molecule has 0 aliphatic heterocycles. The van der Waals surface area contributed by atoms with Crippen LogP contribution in [0.15, 0.2) is 24.3 Å². The zero-order valence-electron chi connectivity index (χ0n) is 9.76. The molecule has 1 radical (unpaired) electrons. The van der Waals surface area contributed by atoms with Crippen LogP contribution in [0.1, 0.15) is 45.4 Å². The Balaban J connectivity index is 1.93. The fourth-order valence-corrected chi connectivity index (χ4v) is 1.64. The third-order valence-corrected chi connectivity index (χ3v) is 2.58. The Hall–Kier alpha value is -0.980. The molecule has 0 unspecified atom stereocenters. The Bertz CT molecular complexity index is 230. The topological polar surface area (TPSA) is 12.0 Å². The number of benzene rings is 1. The van der Waals surface area contributed by atoms with Crippen LogP contribution >= 0.6 is 0 Å². The van der Waals surface area contributed by atoms with Gasteiger partial charge in [-0.15, -0.1) is 0 Å². The van der Waals surface area contributed by atoms with Crippen molar-refractivity contribution < 1.29 is 0 Å². The van der Waals surface area contributed by atoms with Crippen LogP contribution in [0.2, 0.25) is 0 Å². The summed E-state index contributed by atoms with van der Waals surface area (Å²) in [4.78, 5) is 0. The number of unbranched alkanes of at least 4 members (excludes halogenated alkanes) is 5. The predicted octanol–water partition coefficient (Wildman–Crippen LogP) is 4.26. The molecule has 0 aromatic heterocycles. The molecular formula is C14H22N. The molecule has 0 bridgehead atoms. The van der Waals surface area contributed by atoms with E-state index >= 15 is 0 Å². The summed E-state index contributed by atoms with van der Waals surface area (Å²) in [6.45, 7) is 3.35. The minimum atomic E-state index is 1.09. The summed E-state index contributed by atoms with van der Waals surface area (Å²) in [7, 11) is 0. The average molecular weight is 204 g/mol. The zero-order chi connectivity index (χ0) is 10.8. The van der Waals surface area contributed by atoms with Gasteiger partial charge in [-0.1, -0.05) is 51.2 Å². The summed E-state index contributed by atoms with van der Waals surface area (Å²) in [6, 6.07) is 11.0. The number of anilines is 1. The molecule has 0 amide bonds. The molecule has 1 heteroatoms. The van der Waals surface area contributed by atoms with Crippen molar-refractivity contribution in [3.8, 4) is 0 Å². The van der Waals surface area contributed by atoms with E-state index in [1.807, 2.05) is 12.1 Å². The third kappa shape index (κ3) is 6.16. The maximum Gasteiger partial charge on any atom is 0.0340 e. The van der Waals surface area contributed by atoms with Gasteiger partial charge in [-0.3, -0.25) is 0 Å². The highest BCUT2D eigenvalue weighted by atomic mass is 14.9. The van der Waals surface area contributed by atoms with E-state index in [1.165, 1.54) is 44.2 Å². The summed E-state index contributed by atoms with van der Waals surface area (Å²) < 4.78 is 0. The smallest absolute Gasteiger partial charge is 0.0340 e. The molecule has 0 atom stereocenters. The Labute approximate surface area is 93.9 Å². The highest BCUT2D eigenvalue weighted by Gasteiger charge is 1.91. The average Bonchev–Trinajstić information content (AvgIpc) is 2.29. The molecule has 0 heterocycles.